The Bertz CT molecular complexity index is 445. The van der Waals surface area contributed by atoms with Gasteiger partial charge in [-0.1, -0.05) is 0 Å². The van der Waals surface area contributed by atoms with Crippen molar-refractivity contribution in [2.75, 3.05) is 37.3 Å². The number of aromatic nitrogens is 2. The highest BCUT2D eigenvalue weighted by Crippen LogP contribution is 2.19. The zero-order valence-electron chi connectivity index (χ0n) is 11.1. The average Bonchev–Trinajstić information content (AvgIpc) is 2.81. The van der Waals surface area contributed by atoms with E-state index in [1.165, 1.54) is 0 Å². The number of nitrogens with one attached hydrogen (secondary N) is 2. The second kappa shape index (κ2) is 5.71. The van der Waals surface area contributed by atoms with Crippen LogP contribution in [0, 0.1) is 0 Å². The number of hydrogen-bond donors (Lipinski definition) is 3. The molecule has 0 aliphatic carbocycles. The highest BCUT2D eigenvalue weighted by atomic mass is 16.5. The Hall–Kier alpha value is -1.40. The van der Waals surface area contributed by atoms with Crippen molar-refractivity contribution in [3.05, 3.63) is 11.3 Å². The Morgan fingerprint density at radius 3 is 3.05 bits per heavy atom. The van der Waals surface area contributed by atoms with E-state index < -0.39 is 0 Å². The fourth-order valence-electron chi connectivity index (χ4n) is 2.66. The molecule has 1 aromatic heterocycles. The van der Waals surface area contributed by atoms with Gasteiger partial charge >= 0.3 is 0 Å². The van der Waals surface area contributed by atoms with E-state index in [-0.39, 0.29) is 6.10 Å². The van der Waals surface area contributed by atoms with Crippen molar-refractivity contribution in [3.63, 3.8) is 0 Å². The summed E-state index contributed by atoms with van der Waals surface area (Å²) in [6.45, 7) is 3.53. The lowest BCUT2D eigenvalue weighted by atomic mass is 10.1. The topological polar surface area (TPSA) is 85.1 Å². The Kier molecular flexibility index (Phi) is 3.79. The molecule has 1 fully saturated rings. The number of ether oxygens (including phenoxy) is 1. The van der Waals surface area contributed by atoms with Crippen molar-refractivity contribution in [2.24, 2.45) is 0 Å². The molecule has 0 aromatic carbocycles. The number of anilines is 2. The maximum absolute atomic E-state index is 6.05. The molecule has 1 aromatic rings. The third-order valence-corrected chi connectivity index (χ3v) is 3.73. The van der Waals surface area contributed by atoms with Gasteiger partial charge in [0.25, 0.3) is 0 Å². The molecule has 6 nitrogen and oxygen atoms in total. The van der Waals surface area contributed by atoms with Gasteiger partial charge in [0.2, 0.25) is 5.95 Å². The first kappa shape index (κ1) is 12.6. The zero-order chi connectivity index (χ0) is 13.1. The van der Waals surface area contributed by atoms with Gasteiger partial charge in [-0.05, 0) is 25.8 Å². The summed E-state index contributed by atoms with van der Waals surface area (Å²) in [6.07, 6.45) is 4.36. The molecule has 4 N–H and O–H groups in total. The second-order valence-electron chi connectivity index (χ2n) is 5.12. The Morgan fingerprint density at radius 1 is 1.32 bits per heavy atom. The van der Waals surface area contributed by atoms with Crippen LogP contribution in [0.2, 0.25) is 0 Å². The van der Waals surface area contributed by atoms with Gasteiger partial charge in [0.05, 0.1) is 11.8 Å². The molecule has 1 unspecified atom stereocenters. The van der Waals surface area contributed by atoms with Crippen LogP contribution < -0.4 is 16.4 Å². The maximum Gasteiger partial charge on any atom is 0.224 e. The van der Waals surface area contributed by atoms with Crippen LogP contribution in [0.5, 0.6) is 0 Å². The Labute approximate surface area is 113 Å². The van der Waals surface area contributed by atoms with Gasteiger partial charge in [0.1, 0.15) is 5.82 Å². The minimum Gasteiger partial charge on any atom is -0.383 e. The minimum atomic E-state index is 0.283. The number of rotatable bonds is 3. The van der Waals surface area contributed by atoms with Crippen molar-refractivity contribution in [1.82, 2.24) is 15.3 Å². The summed E-state index contributed by atoms with van der Waals surface area (Å²) in [5.74, 6) is 1.25. The quantitative estimate of drug-likeness (QED) is 0.729. The van der Waals surface area contributed by atoms with E-state index in [9.17, 15) is 0 Å². The predicted octanol–water partition coefficient (Wildman–Crippen LogP) is 0.338. The third kappa shape index (κ3) is 2.96. The Balaban J connectivity index is 1.71. The normalized spacial score (nSPS) is 22.8. The van der Waals surface area contributed by atoms with E-state index in [4.69, 9.17) is 10.5 Å². The lowest BCUT2D eigenvalue weighted by Crippen LogP contribution is -2.20. The van der Waals surface area contributed by atoms with Gasteiger partial charge in [-0.25, -0.2) is 4.98 Å². The molecule has 0 amide bonds. The molecule has 0 saturated carbocycles. The van der Waals surface area contributed by atoms with Crippen molar-refractivity contribution in [2.45, 2.75) is 31.8 Å². The number of fused-ring (bicyclic) bond motifs is 1. The third-order valence-electron chi connectivity index (χ3n) is 3.73. The molecule has 1 saturated heterocycles. The van der Waals surface area contributed by atoms with Crippen LogP contribution in [-0.2, 0) is 17.6 Å². The summed E-state index contributed by atoms with van der Waals surface area (Å²) in [5.41, 5.74) is 8.23. The van der Waals surface area contributed by atoms with Crippen molar-refractivity contribution >= 4 is 11.8 Å². The molecule has 6 heteroatoms. The van der Waals surface area contributed by atoms with Crippen molar-refractivity contribution in [3.8, 4) is 0 Å². The van der Waals surface area contributed by atoms with E-state index in [0.717, 1.165) is 63.2 Å². The zero-order valence-corrected chi connectivity index (χ0v) is 11.1. The number of hydrogen-bond acceptors (Lipinski definition) is 6. The van der Waals surface area contributed by atoms with Gasteiger partial charge in [0.15, 0.2) is 0 Å². The lowest BCUT2D eigenvalue weighted by Gasteiger charge is -2.13. The summed E-state index contributed by atoms with van der Waals surface area (Å²) in [4.78, 5) is 8.96. The summed E-state index contributed by atoms with van der Waals surface area (Å²) in [5, 5.41) is 6.60. The molecule has 0 bridgehead atoms. The van der Waals surface area contributed by atoms with E-state index in [2.05, 4.69) is 20.6 Å². The fraction of sp³-hybridized carbons (Fsp3) is 0.692. The van der Waals surface area contributed by atoms with Crippen LogP contribution in [0.25, 0.3) is 0 Å². The average molecular weight is 263 g/mol. The molecule has 104 valence electrons. The molecule has 19 heavy (non-hydrogen) atoms. The molecular weight excluding hydrogens is 242 g/mol. The molecule has 3 heterocycles. The van der Waals surface area contributed by atoms with E-state index in [0.29, 0.717) is 11.8 Å². The smallest absolute Gasteiger partial charge is 0.224 e. The largest absolute Gasteiger partial charge is 0.383 e. The van der Waals surface area contributed by atoms with Crippen LogP contribution >= 0.6 is 0 Å². The van der Waals surface area contributed by atoms with Crippen molar-refractivity contribution < 1.29 is 4.74 Å². The maximum atomic E-state index is 6.05. The van der Waals surface area contributed by atoms with Gasteiger partial charge in [-0.3, -0.25) is 0 Å². The molecule has 0 radical (unpaired) electrons. The lowest BCUT2D eigenvalue weighted by molar-refractivity contribution is 0.120. The number of nitrogens with zero attached hydrogens (tertiary/aromatic N) is 2. The highest BCUT2D eigenvalue weighted by molar-refractivity contribution is 5.48. The first-order valence-electron chi connectivity index (χ1n) is 7.04. The van der Waals surface area contributed by atoms with Crippen LogP contribution in [0.1, 0.15) is 24.1 Å². The van der Waals surface area contributed by atoms with Crippen LogP contribution in [0.15, 0.2) is 0 Å². The summed E-state index contributed by atoms with van der Waals surface area (Å²) >= 11 is 0. The first-order chi connectivity index (χ1) is 9.33. The van der Waals surface area contributed by atoms with Gasteiger partial charge < -0.3 is 21.1 Å². The summed E-state index contributed by atoms with van der Waals surface area (Å²) in [7, 11) is 0. The molecule has 0 spiro atoms. The van der Waals surface area contributed by atoms with Crippen molar-refractivity contribution in [1.29, 1.82) is 0 Å². The first-order valence-corrected chi connectivity index (χ1v) is 7.04. The molecule has 1 atom stereocenters. The minimum absolute atomic E-state index is 0.283. The monoisotopic (exact) mass is 263 g/mol. The molecule has 2 aliphatic rings. The SMILES string of the molecule is Nc1nc(NCC2CCCO2)nc2c1CCNCC2. The number of nitrogen functional groups attached to an aromatic ring is 1. The predicted molar refractivity (Wildman–Crippen MR) is 74.2 cm³/mol. The van der Waals surface area contributed by atoms with E-state index in [1.807, 2.05) is 0 Å². The molecule has 2 aliphatic heterocycles. The van der Waals surface area contributed by atoms with Gasteiger partial charge in [-0.2, -0.15) is 4.98 Å². The van der Waals surface area contributed by atoms with Crippen LogP contribution in [0.4, 0.5) is 11.8 Å². The second-order valence-corrected chi connectivity index (χ2v) is 5.12. The highest BCUT2D eigenvalue weighted by Gasteiger charge is 2.17. The fourth-order valence-corrected chi connectivity index (χ4v) is 2.66. The summed E-state index contributed by atoms with van der Waals surface area (Å²) < 4.78 is 5.58. The van der Waals surface area contributed by atoms with E-state index >= 15 is 0 Å². The van der Waals surface area contributed by atoms with Gasteiger partial charge in [-0.15, -0.1) is 0 Å². The Morgan fingerprint density at radius 2 is 2.21 bits per heavy atom. The van der Waals surface area contributed by atoms with E-state index in [1.54, 1.807) is 0 Å². The standard InChI is InChI=1S/C13H21N5O/c14-12-10-3-5-15-6-4-11(10)17-13(18-12)16-8-9-2-1-7-19-9/h9,15H,1-8H2,(H3,14,16,17,18). The van der Waals surface area contributed by atoms with Crippen LogP contribution in [-0.4, -0.2) is 42.3 Å². The van der Waals surface area contributed by atoms with Gasteiger partial charge in [0, 0.05) is 31.7 Å². The number of nitrogens with two attached hydrogens (primary N) is 1. The summed E-state index contributed by atoms with van der Waals surface area (Å²) in [6, 6.07) is 0. The molecular formula is C13H21N5O. The van der Waals surface area contributed by atoms with Crippen LogP contribution in [0.3, 0.4) is 0 Å². The molecule has 3 rings (SSSR count).